The van der Waals surface area contributed by atoms with Crippen LogP contribution in [0.4, 0.5) is 5.69 Å². The fourth-order valence-corrected chi connectivity index (χ4v) is 3.39. The van der Waals surface area contributed by atoms with Crippen LogP contribution < -0.4 is 5.32 Å². The first-order valence-corrected chi connectivity index (χ1v) is 9.27. The van der Waals surface area contributed by atoms with E-state index < -0.39 is 0 Å². The molecule has 5 rings (SSSR count). The lowest BCUT2D eigenvalue weighted by atomic mass is 10.0. The molecule has 5 aromatic rings. The highest BCUT2D eigenvalue weighted by Crippen LogP contribution is 2.25. The Balaban J connectivity index is 1.57. The van der Waals surface area contributed by atoms with Gasteiger partial charge in [-0.3, -0.25) is 4.79 Å². The molecule has 0 aliphatic carbocycles. The van der Waals surface area contributed by atoms with Gasteiger partial charge in [0.1, 0.15) is 5.82 Å². The van der Waals surface area contributed by atoms with Crippen molar-refractivity contribution in [3.63, 3.8) is 0 Å². The first-order valence-electron chi connectivity index (χ1n) is 9.27. The van der Waals surface area contributed by atoms with Crippen molar-refractivity contribution in [2.75, 3.05) is 5.32 Å². The topological polar surface area (TPSA) is 72.2 Å². The van der Waals surface area contributed by atoms with Crippen molar-refractivity contribution in [2.24, 2.45) is 0 Å². The molecule has 0 saturated carbocycles. The minimum atomic E-state index is -0.197. The van der Waals surface area contributed by atoms with Gasteiger partial charge in [-0.15, -0.1) is 0 Å². The van der Waals surface area contributed by atoms with E-state index in [4.69, 9.17) is 4.98 Å². The van der Waals surface area contributed by atoms with Crippen LogP contribution >= 0.6 is 0 Å². The molecule has 0 atom stereocenters. The summed E-state index contributed by atoms with van der Waals surface area (Å²) in [4.78, 5) is 22.2. The molecule has 0 bridgehead atoms. The summed E-state index contributed by atoms with van der Waals surface area (Å²) in [5.41, 5.74) is 4.46. The molecule has 3 heterocycles. The number of aromatic nitrogens is 4. The third-order valence-corrected chi connectivity index (χ3v) is 4.73. The Hall–Kier alpha value is -4.06. The Kier molecular flexibility index (Phi) is 4.02. The fraction of sp³-hybridized carbons (Fsp3) is 0.0435. The Morgan fingerprint density at radius 1 is 0.931 bits per heavy atom. The third kappa shape index (κ3) is 3.21. The minimum absolute atomic E-state index is 0.197. The SMILES string of the molecule is Cc1nc2ccc(NC(=O)c3cc(-c4ccccc4)nc4ccccc34)cn2n1. The molecule has 0 aliphatic rings. The number of aryl methyl sites for hydroxylation is 1. The fourth-order valence-electron chi connectivity index (χ4n) is 3.39. The van der Waals surface area contributed by atoms with Crippen LogP contribution in [0.2, 0.25) is 0 Å². The molecule has 29 heavy (non-hydrogen) atoms. The number of nitrogens with one attached hydrogen (secondary N) is 1. The van der Waals surface area contributed by atoms with E-state index in [1.807, 2.05) is 79.7 Å². The van der Waals surface area contributed by atoms with E-state index in [1.165, 1.54) is 0 Å². The molecular formula is C23H17N5O. The highest BCUT2D eigenvalue weighted by atomic mass is 16.1. The van der Waals surface area contributed by atoms with E-state index in [2.05, 4.69) is 15.4 Å². The van der Waals surface area contributed by atoms with Gasteiger partial charge in [0, 0.05) is 10.9 Å². The van der Waals surface area contributed by atoms with Crippen LogP contribution in [0.25, 0.3) is 27.8 Å². The van der Waals surface area contributed by atoms with Crippen molar-refractivity contribution in [3.8, 4) is 11.3 Å². The number of fused-ring (bicyclic) bond motifs is 2. The highest BCUT2D eigenvalue weighted by molar-refractivity contribution is 6.13. The predicted octanol–water partition coefficient (Wildman–Crippen LogP) is 4.51. The van der Waals surface area contributed by atoms with Crippen molar-refractivity contribution in [3.05, 3.63) is 90.4 Å². The Morgan fingerprint density at radius 3 is 2.59 bits per heavy atom. The molecular weight excluding hydrogens is 362 g/mol. The molecule has 0 radical (unpaired) electrons. The number of anilines is 1. The average molecular weight is 379 g/mol. The third-order valence-electron chi connectivity index (χ3n) is 4.73. The monoisotopic (exact) mass is 379 g/mol. The van der Waals surface area contributed by atoms with Crippen LogP contribution in [0.3, 0.4) is 0 Å². The zero-order chi connectivity index (χ0) is 19.8. The summed E-state index contributed by atoms with van der Waals surface area (Å²) in [6.07, 6.45) is 1.76. The molecule has 140 valence electrons. The second kappa shape index (κ2) is 6.83. The summed E-state index contributed by atoms with van der Waals surface area (Å²) in [6.45, 7) is 1.83. The van der Waals surface area contributed by atoms with Gasteiger partial charge in [0.15, 0.2) is 5.65 Å². The molecule has 0 spiro atoms. The van der Waals surface area contributed by atoms with Gasteiger partial charge in [0.2, 0.25) is 0 Å². The second-order valence-electron chi connectivity index (χ2n) is 6.77. The zero-order valence-electron chi connectivity index (χ0n) is 15.7. The molecule has 1 N–H and O–H groups in total. The van der Waals surface area contributed by atoms with Gasteiger partial charge >= 0.3 is 0 Å². The summed E-state index contributed by atoms with van der Waals surface area (Å²) >= 11 is 0. The van der Waals surface area contributed by atoms with Crippen molar-refractivity contribution in [1.82, 2.24) is 19.6 Å². The number of amides is 1. The molecule has 0 unspecified atom stereocenters. The number of rotatable bonds is 3. The number of carbonyl (C=O) groups excluding carboxylic acids is 1. The molecule has 2 aromatic carbocycles. The Labute approximate surface area is 166 Å². The van der Waals surface area contributed by atoms with Crippen LogP contribution in [0, 0.1) is 6.92 Å². The quantitative estimate of drug-likeness (QED) is 0.501. The Morgan fingerprint density at radius 2 is 1.72 bits per heavy atom. The van der Waals surface area contributed by atoms with Crippen LogP contribution in [0.1, 0.15) is 16.2 Å². The largest absolute Gasteiger partial charge is 0.321 e. The normalized spacial score (nSPS) is 11.1. The predicted molar refractivity (Wildman–Crippen MR) is 113 cm³/mol. The lowest BCUT2D eigenvalue weighted by Crippen LogP contribution is -2.13. The number of benzene rings is 2. The number of hydrogen-bond acceptors (Lipinski definition) is 4. The summed E-state index contributed by atoms with van der Waals surface area (Å²) in [5.74, 6) is 0.484. The van der Waals surface area contributed by atoms with Crippen LogP contribution in [-0.2, 0) is 0 Å². The average Bonchev–Trinajstić information content (AvgIpc) is 3.13. The summed E-state index contributed by atoms with van der Waals surface area (Å²) in [5, 5.41) is 8.08. The van der Waals surface area contributed by atoms with E-state index in [0.717, 1.165) is 27.8 Å². The van der Waals surface area contributed by atoms with E-state index in [1.54, 1.807) is 10.7 Å². The first kappa shape index (κ1) is 17.1. The van der Waals surface area contributed by atoms with Crippen molar-refractivity contribution >= 4 is 28.1 Å². The van der Waals surface area contributed by atoms with Gasteiger partial charge in [-0.1, -0.05) is 48.5 Å². The van der Waals surface area contributed by atoms with E-state index >= 15 is 0 Å². The smallest absolute Gasteiger partial charge is 0.256 e. The molecule has 6 heteroatoms. The number of para-hydroxylation sites is 1. The summed E-state index contributed by atoms with van der Waals surface area (Å²) in [6, 6.07) is 23.0. The van der Waals surface area contributed by atoms with Gasteiger partial charge in [0.05, 0.1) is 28.7 Å². The van der Waals surface area contributed by atoms with Crippen molar-refractivity contribution in [2.45, 2.75) is 6.92 Å². The standard InChI is InChI=1S/C23H17N5O/c1-15-24-22-12-11-17(14-28(22)27-15)25-23(29)19-13-21(16-7-3-2-4-8-16)26-20-10-6-5-9-18(19)20/h2-14H,1H3,(H,25,29). The lowest BCUT2D eigenvalue weighted by molar-refractivity contribution is 0.102. The highest BCUT2D eigenvalue weighted by Gasteiger charge is 2.14. The molecule has 0 aliphatic heterocycles. The molecule has 3 aromatic heterocycles. The summed E-state index contributed by atoms with van der Waals surface area (Å²) < 4.78 is 1.66. The molecule has 0 saturated heterocycles. The van der Waals surface area contributed by atoms with E-state index in [9.17, 15) is 4.79 Å². The maximum Gasteiger partial charge on any atom is 0.256 e. The Bertz CT molecular complexity index is 1360. The van der Waals surface area contributed by atoms with E-state index in [0.29, 0.717) is 17.1 Å². The van der Waals surface area contributed by atoms with E-state index in [-0.39, 0.29) is 5.91 Å². The molecule has 1 amide bonds. The van der Waals surface area contributed by atoms with Crippen LogP contribution in [0.15, 0.2) is 79.0 Å². The van der Waals surface area contributed by atoms with Gasteiger partial charge < -0.3 is 5.32 Å². The minimum Gasteiger partial charge on any atom is -0.321 e. The number of hydrogen-bond donors (Lipinski definition) is 1. The van der Waals surface area contributed by atoms with Crippen LogP contribution in [-0.4, -0.2) is 25.5 Å². The first-order chi connectivity index (χ1) is 14.2. The maximum atomic E-state index is 13.2. The van der Waals surface area contributed by atoms with Gasteiger partial charge in [-0.25, -0.2) is 14.5 Å². The zero-order valence-corrected chi connectivity index (χ0v) is 15.7. The maximum absolute atomic E-state index is 13.2. The molecule has 0 fully saturated rings. The lowest BCUT2D eigenvalue weighted by Gasteiger charge is -2.11. The van der Waals surface area contributed by atoms with Crippen LogP contribution in [0.5, 0.6) is 0 Å². The second-order valence-corrected chi connectivity index (χ2v) is 6.77. The number of carbonyl (C=O) groups is 1. The summed E-state index contributed by atoms with van der Waals surface area (Å²) in [7, 11) is 0. The van der Waals surface area contributed by atoms with Gasteiger partial charge in [0.25, 0.3) is 5.91 Å². The van der Waals surface area contributed by atoms with Gasteiger partial charge in [-0.2, -0.15) is 5.10 Å². The van der Waals surface area contributed by atoms with Crippen molar-refractivity contribution in [1.29, 1.82) is 0 Å². The van der Waals surface area contributed by atoms with Gasteiger partial charge in [-0.05, 0) is 31.2 Å². The number of nitrogens with zero attached hydrogens (tertiary/aromatic N) is 4. The molecule has 6 nitrogen and oxygen atoms in total. The van der Waals surface area contributed by atoms with Crippen molar-refractivity contribution < 1.29 is 4.79 Å². The number of pyridine rings is 2.